The molecule has 2 aliphatic carbocycles. The molecule has 74 heavy (non-hydrogen) atoms. The monoisotopic (exact) mass is 1070 g/mol. The highest BCUT2D eigenvalue weighted by Crippen LogP contribution is 2.53. The summed E-state index contributed by atoms with van der Waals surface area (Å²) in [5.74, 6) is -3.53. The van der Waals surface area contributed by atoms with Crippen molar-refractivity contribution in [1.29, 1.82) is 0 Å². The third kappa shape index (κ3) is 12.3. The molecular formula is C52H52F14N2O6. The van der Waals surface area contributed by atoms with E-state index in [4.69, 9.17) is 9.47 Å². The van der Waals surface area contributed by atoms with Crippen LogP contribution in [0.1, 0.15) is 135 Å². The van der Waals surface area contributed by atoms with E-state index in [1.54, 1.807) is 38.1 Å². The van der Waals surface area contributed by atoms with Gasteiger partial charge in [-0.25, -0.2) is 8.78 Å². The lowest BCUT2D eigenvalue weighted by molar-refractivity contribution is -0.145. The number of aliphatic hydroxyl groups is 2. The highest BCUT2D eigenvalue weighted by Gasteiger charge is 2.55. The van der Waals surface area contributed by atoms with Gasteiger partial charge in [0.1, 0.15) is 23.8 Å². The van der Waals surface area contributed by atoms with E-state index in [0.717, 1.165) is 0 Å². The van der Waals surface area contributed by atoms with Crippen LogP contribution in [0.15, 0.2) is 84.9 Å². The third-order valence-electron chi connectivity index (χ3n) is 14.9. The van der Waals surface area contributed by atoms with E-state index in [2.05, 4.69) is 10.6 Å². The van der Waals surface area contributed by atoms with Crippen LogP contribution in [-0.4, -0.2) is 57.5 Å². The lowest BCUT2D eigenvalue weighted by Gasteiger charge is -2.37. The minimum Gasteiger partial charge on any atom is -0.383 e. The van der Waals surface area contributed by atoms with E-state index in [1.165, 1.54) is 38.1 Å². The topological polar surface area (TPSA) is 117 Å². The maximum absolute atomic E-state index is 13.6. The van der Waals surface area contributed by atoms with Gasteiger partial charge in [-0.15, -0.1) is 0 Å². The first kappa shape index (κ1) is 56.4. The Morgan fingerprint density at radius 2 is 0.784 bits per heavy atom. The van der Waals surface area contributed by atoms with Gasteiger partial charge in [-0.3, -0.25) is 9.59 Å². The Bertz CT molecular complexity index is 2410. The minimum absolute atomic E-state index is 0.0675. The van der Waals surface area contributed by atoms with Crippen LogP contribution in [0.5, 0.6) is 0 Å². The lowest BCUT2D eigenvalue weighted by atomic mass is 9.74. The molecule has 4 aromatic rings. The van der Waals surface area contributed by atoms with Gasteiger partial charge in [0.05, 0.1) is 46.7 Å². The first-order valence-corrected chi connectivity index (χ1v) is 23.6. The zero-order valence-corrected chi connectivity index (χ0v) is 39.9. The van der Waals surface area contributed by atoms with Gasteiger partial charge < -0.3 is 30.3 Å². The second-order valence-corrected chi connectivity index (χ2v) is 20.1. The molecule has 8 rings (SSSR count). The number of benzene rings is 4. The van der Waals surface area contributed by atoms with Crippen LogP contribution in [0.3, 0.4) is 0 Å². The first-order chi connectivity index (χ1) is 34.2. The standard InChI is InChI=1S/2C26H26F7NO3/c2*1-13(15-9-16(25(28,29)30)11-17(10-15)26(31,32)33)37-21-8-7-19(24(2)12-20(35)23(36)34-24)22(21)14-3-5-18(27)6-4-14/h2*3-6,9-11,13,19-22,35H,7-8,12H2,1-2H3,(H,34,36)/t13-,19-,20+,21+,22+,24-;13-,19-,20-,21+,22+,24-/m11/s1. The quantitative estimate of drug-likeness (QED) is 0.118. The smallest absolute Gasteiger partial charge is 0.383 e. The Morgan fingerprint density at radius 1 is 0.500 bits per heavy atom. The Hall–Kier alpha value is -5.32. The van der Waals surface area contributed by atoms with Crippen molar-refractivity contribution in [3.8, 4) is 0 Å². The van der Waals surface area contributed by atoms with E-state index in [9.17, 15) is 81.3 Å². The lowest BCUT2D eigenvalue weighted by Crippen LogP contribution is -2.47. The molecule has 2 heterocycles. The van der Waals surface area contributed by atoms with E-state index in [-0.39, 0.29) is 47.9 Å². The zero-order chi connectivity index (χ0) is 54.7. The summed E-state index contributed by atoms with van der Waals surface area (Å²) in [6.07, 6.45) is -23.9. The third-order valence-corrected chi connectivity index (χ3v) is 14.9. The molecule has 2 saturated heterocycles. The van der Waals surface area contributed by atoms with Crippen molar-refractivity contribution < 1.29 is 90.7 Å². The van der Waals surface area contributed by atoms with E-state index in [0.29, 0.717) is 61.1 Å². The van der Waals surface area contributed by atoms with Crippen LogP contribution < -0.4 is 10.6 Å². The number of hydrogen-bond acceptors (Lipinski definition) is 6. The molecule has 2 amide bonds. The number of hydrogen-bond donors (Lipinski definition) is 4. The molecule has 22 heteroatoms. The van der Waals surface area contributed by atoms with E-state index in [1.807, 2.05) is 0 Å². The fourth-order valence-electron chi connectivity index (χ4n) is 11.3. The second kappa shape index (κ2) is 20.7. The van der Waals surface area contributed by atoms with Gasteiger partial charge in [0, 0.05) is 35.8 Å². The zero-order valence-electron chi connectivity index (χ0n) is 39.9. The number of nitrogens with one attached hydrogen (secondary N) is 2. The molecule has 0 spiro atoms. The predicted molar refractivity (Wildman–Crippen MR) is 238 cm³/mol. The van der Waals surface area contributed by atoms with Crippen molar-refractivity contribution in [3.05, 3.63) is 141 Å². The molecule has 404 valence electrons. The van der Waals surface area contributed by atoms with Crippen molar-refractivity contribution in [2.24, 2.45) is 11.8 Å². The minimum atomic E-state index is -4.99. The van der Waals surface area contributed by atoms with Gasteiger partial charge in [-0.1, -0.05) is 24.3 Å². The normalized spacial score (nSPS) is 29.4. The van der Waals surface area contributed by atoms with Crippen molar-refractivity contribution in [1.82, 2.24) is 10.6 Å². The van der Waals surface area contributed by atoms with Crippen LogP contribution in [-0.2, 0) is 43.8 Å². The van der Waals surface area contributed by atoms with Gasteiger partial charge in [0.2, 0.25) is 11.8 Å². The molecule has 0 unspecified atom stereocenters. The molecule has 4 aromatic carbocycles. The molecule has 2 aliphatic heterocycles. The Morgan fingerprint density at radius 3 is 1.03 bits per heavy atom. The molecule has 4 N–H and O–H groups in total. The summed E-state index contributed by atoms with van der Waals surface area (Å²) < 4.78 is 200. The molecule has 0 bridgehead atoms. The highest BCUT2D eigenvalue weighted by molar-refractivity contribution is 5.84. The summed E-state index contributed by atoms with van der Waals surface area (Å²) in [6, 6.07) is 13.9. The summed E-state index contributed by atoms with van der Waals surface area (Å²) in [4.78, 5) is 24.2. The SMILES string of the molecule is C[C@@H](O[C@H]1CC[C@@H]([C@@]2(C)C[C@@H](O)C(=O)N2)[C@@H]1c1ccc(F)cc1)c1cc(C(F)(F)F)cc(C(F)(F)F)c1.C[C@@H](O[C@H]1CC[C@@H]([C@@]2(C)C[C@H](O)C(=O)N2)[C@@H]1c1ccc(F)cc1)c1cc(C(F)(F)F)cc(C(F)(F)F)c1. The summed E-state index contributed by atoms with van der Waals surface area (Å²) in [5.41, 5.74) is -6.64. The van der Waals surface area contributed by atoms with Crippen LogP contribution in [0.25, 0.3) is 0 Å². The van der Waals surface area contributed by atoms with Crippen molar-refractivity contribution in [2.75, 3.05) is 0 Å². The van der Waals surface area contributed by atoms with Crippen molar-refractivity contribution in [3.63, 3.8) is 0 Å². The second-order valence-electron chi connectivity index (χ2n) is 20.1. The number of ether oxygens (including phenoxy) is 2. The molecular weight excluding hydrogens is 1010 g/mol. The number of halogens is 14. The molecule has 0 aromatic heterocycles. The maximum atomic E-state index is 13.6. The predicted octanol–water partition coefficient (Wildman–Crippen LogP) is 12.3. The van der Waals surface area contributed by atoms with Gasteiger partial charge in [0.15, 0.2) is 0 Å². The van der Waals surface area contributed by atoms with Gasteiger partial charge in [-0.05, 0) is 148 Å². The number of rotatable bonds is 10. The van der Waals surface area contributed by atoms with Crippen molar-refractivity contribution in [2.45, 2.75) is 150 Å². The number of alkyl halides is 12. The summed E-state index contributed by atoms with van der Waals surface area (Å²) in [6.45, 7) is 6.31. The molecule has 8 nitrogen and oxygen atoms in total. The van der Waals surface area contributed by atoms with Crippen LogP contribution in [0, 0.1) is 23.5 Å². The number of aliphatic hydroxyl groups excluding tert-OH is 2. The summed E-state index contributed by atoms with van der Waals surface area (Å²) >= 11 is 0. The highest BCUT2D eigenvalue weighted by atomic mass is 19.4. The first-order valence-electron chi connectivity index (χ1n) is 23.6. The Balaban J connectivity index is 0.000000216. The summed E-state index contributed by atoms with van der Waals surface area (Å²) in [7, 11) is 0. The fourth-order valence-corrected chi connectivity index (χ4v) is 11.3. The van der Waals surface area contributed by atoms with Gasteiger partial charge in [-0.2, -0.15) is 52.7 Å². The Labute approximate surface area is 415 Å². The number of carbonyl (C=O) groups excluding carboxylic acids is 2. The van der Waals surface area contributed by atoms with Crippen LogP contribution in [0.2, 0.25) is 0 Å². The van der Waals surface area contributed by atoms with Gasteiger partial charge in [0.25, 0.3) is 0 Å². The molecule has 2 saturated carbocycles. The number of carbonyl (C=O) groups is 2. The number of amides is 2. The molecule has 4 aliphatic rings. The van der Waals surface area contributed by atoms with E-state index < -0.39 is 130 Å². The van der Waals surface area contributed by atoms with Gasteiger partial charge >= 0.3 is 24.7 Å². The molecule has 12 atom stereocenters. The molecule has 0 radical (unpaired) electrons. The Kier molecular flexibility index (Phi) is 15.8. The maximum Gasteiger partial charge on any atom is 0.416 e. The fraction of sp³-hybridized carbons (Fsp3) is 0.500. The van der Waals surface area contributed by atoms with Crippen LogP contribution in [0.4, 0.5) is 61.5 Å². The molecule has 4 fully saturated rings. The average molecular weight is 1070 g/mol. The van der Waals surface area contributed by atoms with Crippen molar-refractivity contribution >= 4 is 11.8 Å². The van der Waals surface area contributed by atoms with E-state index >= 15 is 0 Å². The average Bonchev–Trinajstić information content (AvgIpc) is 4.06. The van der Waals surface area contributed by atoms with Crippen LogP contribution >= 0.6 is 0 Å². The largest absolute Gasteiger partial charge is 0.416 e. The summed E-state index contributed by atoms with van der Waals surface area (Å²) in [5, 5.41) is 25.7.